The second-order valence-corrected chi connectivity index (χ2v) is 28.2. The van der Waals surface area contributed by atoms with Gasteiger partial charge in [-0.1, -0.05) is 257 Å². The number of amides is 2. The summed E-state index contributed by atoms with van der Waals surface area (Å²) in [6.07, 6.45) is 26.3. The molecule has 14 N–H and O–H groups in total. The number of hydrogen-bond donors (Lipinski definition) is 14. The van der Waals surface area contributed by atoms with Gasteiger partial charge in [0.25, 0.3) is 5.79 Å². The van der Waals surface area contributed by atoms with Crippen LogP contribution in [0.1, 0.15) is 303 Å². The Kier molecular flexibility index (Phi) is 49.5. The highest BCUT2D eigenvalue weighted by Crippen LogP contribution is 2.39. The van der Waals surface area contributed by atoms with Gasteiger partial charge in [0, 0.05) is 19.8 Å². The van der Waals surface area contributed by atoms with Crippen LogP contribution in [0.3, 0.4) is 0 Å². The third-order valence-corrected chi connectivity index (χ3v) is 19.7. The fraction of sp³-hybridized carbons (Fsp3) is 0.932. The van der Waals surface area contributed by atoms with Gasteiger partial charge in [0.1, 0.15) is 67.1 Å². The van der Waals surface area contributed by atoms with E-state index in [1.54, 1.807) is 0 Å². The minimum Gasteiger partial charge on any atom is -0.477 e. The van der Waals surface area contributed by atoms with Gasteiger partial charge in [0.15, 0.2) is 12.6 Å². The molecule has 0 bridgehead atoms. The number of aliphatic carboxylic acids is 1. The number of carbonyl (C=O) groups is 3. The first-order valence-electron chi connectivity index (χ1n) is 38.5. The normalized spacial score (nSPS) is 27.4. The van der Waals surface area contributed by atoms with Crippen LogP contribution in [0, 0.1) is 0 Å². The maximum Gasteiger partial charge on any atom is 0.364 e. The molecule has 97 heavy (non-hydrogen) atoms. The zero-order valence-electron chi connectivity index (χ0n) is 60.0. The number of aliphatic hydroxyl groups excluding tert-OH is 11. The Morgan fingerprint density at radius 3 is 1.39 bits per heavy atom. The number of allylic oxidation sites excluding steroid dienone is 2. The summed E-state index contributed by atoms with van der Waals surface area (Å²) in [7, 11) is 0. The van der Waals surface area contributed by atoms with E-state index in [-0.39, 0.29) is 18.9 Å². The average Bonchev–Trinajstić information content (AvgIpc) is 0.757. The van der Waals surface area contributed by atoms with E-state index >= 15 is 0 Å². The van der Waals surface area contributed by atoms with Crippen LogP contribution in [0.2, 0.25) is 0 Å². The first-order chi connectivity index (χ1) is 46.9. The van der Waals surface area contributed by atoms with Gasteiger partial charge in [-0.05, 0) is 38.5 Å². The maximum atomic E-state index is 13.5. The third kappa shape index (κ3) is 35.5. The fourth-order valence-corrected chi connectivity index (χ4v) is 13.6. The Morgan fingerprint density at radius 1 is 0.526 bits per heavy atom. The maximum absolute atomic E-state index is 13.5. The molecular weight excluding hydrogens is 1250 g/mol. The second-order valence-electron chi connectivity index (χ2n) is 28.2. The van der Waals surface area contributed by atoms with E-state index in [0.717, 1.165) is 84.0 Å². The Labute approximate surface area is 581 Å². The van der Waals surface area contributed by atoms with Crippen LogP contribution >= 0.6 is 0 Å². The van der Waals surface area contributed by atoms with Gasteiger partial charge in [-0.25, -0.2) is 4.79 Å². The summed E-state index contributed by atoms with van der Waals surface area (Å²) in [4.78, 5) is 38.7. The Hall–Kier alpha value is -2.53. The van der Waals surface area contributed by atoms with Crippen molar-refractivity contribution in [2.24, 2.45) is 0 Å². The van der Waals surface area contributed by atoms with Crippen molar-refractivity contribution in [3.8, 4) is 0 Å². The van der Waals surface area contributed by atoms with E-state index in [9.17, 15) is 75.7 Å². The SMILES string of the molecule is CCCCCCCCCCCCCC/C=C\CCCCCCCCCC(=O)NC(COC1OC(CO)C(OC2OC(CO)C(O)C(OC3(C(=O)O)CC(O)C(NC(C)=O)C(C(O)C(O)CO)O3)C2O)C(O)C1O)C(O)CCCCCCCCCCCCCCCCCCCCCC. The van der Waals surface area contributed by atoms with Gasteiger partial charge in [0.05, 0.1) is 50.7 Å². The van der Waals surface area contributed by atoms with Crippen molar-refractivity contribution >= 4 is 17.8 Å². The van der Waals surface area contributed by atoms with Crippen LogP contribution in [-0.4, -0.2) is 215 Å². The fourth-order valence-electron chi connectivity index (χ4n) is 13.6. The standard InChI is InChI=1S/C74H138N2O21/c1-4-6-8-10-12-14-16-18-20-22-24-26-27-28-30-32-34-36-38-40-42-44-46-48-61(84)76-55(56(81)47-45-43-41-39-37-35-33-31-29-25-23-21-19-17-15-13-11-9-7-5-2)53-92-71-66(88)65(87)68(60(52-79)94-71)95-72-67(89)70(64(86)59(51-78)93-72)97-74(73(90)91)49-57(82)62(75-54(3)80)69(96-74)63(85)58(83)50-77/h28,30,55-60,62-72,77-79,81-83,85-89H,4-27,29,31-53H2,1-3H3,(H,75,80)(H,76,84)(H,90,91)/b30-28-. The number of aliphatic hydroxyl groups is 11. The summed E-state index contributed by atoms with van der Waals surface area (Å²) < 4.78 is 34.9. The highest BCUT2D eigenvalue weighted by atomic mass is 16.8. The van der Waals surface area contributed by atoms with Crippen molar-refractivity contribution in [2.45, 2.75) is 413 Å². The lowest BCUT2D eigenvalue weighted by molar-refractivity contribution is -0.386. The summed E-state index contributed by atoms with van der Waals surface area (Å²) in [6.45, 7) is 2.24. The molecule has 18 atom stereocenters. The van der Waals surface area contributed by atoms with Gasteiger partial charge in [0.2, 0.25) is 11.8 Å². The second kappa shape index (κ2) is 54.2. The molecule has 23 nitrogen and oxygen atoms in total. The van der Waals surface area contributed by atoms with Gasteiger partial charge >= 0.3 is 5.97 Å². The lowest BCUT2D eigenvalue weighted by atomic mass is 9.88. The quantitative estimate of drug-likeness (QED) is 0.0199. The molecule has 3 aliphatic heterocycles. The van der Waals surface area contributed by atoms with Crippen LogP contribution in [0.25, 0.3) is 0 Å². The summed E-state index contributed by atoms with van der Waals surface area (Å²) in [5, 5.41) is 136. The van der Waals surface area contributed by atoms with E-state index < -0.39 is 148 Å². The number of unbranched alkanes of at least 4 members (excludes halogenated alkanes) is 38. The molecule has 0 saturated carbocycles. The van der Waals surface area contributed by atoms with Gasteiger partial charge in [-0.2, -0.15) is 0 Å². The number of nitrogens with one attached hydrogen (secondary N) is 2. The number of ether oxygens (including phenoxy) is 6. The zero-order valence-corrected chi connectivity index (χ0v) is 60.0. The van der Waals surface area contributed by atoms with Crippen molar-refractivity contribution in [1.82, 2.24) is 10.6 Å². The molecule has 0 spiro atoms. The minimum absolute atomic E-state index is 0.221. The van der Waals surface area contributed by atoms with Crippen LogP contribution in [0.5, 0.6) is 0 Å². The molecule has 3 heterocycles. The molecule has 0 aromatic heterocycles. The lowest BCUT2D eigenvalue weighted by Crippen LogP contribution is -2.70. The van der Waals surface area contributed by atoms with Crippen molar-refractivity contribution < 1.29 is 104 Å². The molecule has 2 amide bonds. The molecular formula is C74H138N2O21. The summed E-state index contributed by atoms with van der Waals surface area (Å²) >= 11 is 0. The minimum atomic E-state index is -3.08. The number of hydrogen-bond acceptors (Lipinski definition) is 20. The van der Waals surface area contributed by atoms with Crippen molar-refractivity contribution in [2.75, 3.05) is 26.4 Å². The van der Waals surface area contributed by atoms with Crippen LogP contribution < -0.4 is 10.6 Å². The Morgan fingerprint density at radius 2 is 0.959 bits per heavy atom. The molecule has 3 aliphatic rings. The molecule has 23 heteroatoms. The number of carboxylic acid groups (broad SMARTS) is 1. The zero-order chi connectivity index (χ0) is 71.1. The molecule has 0 aromatic carbocycles. The average molecular weight is 1390 g/mol. The summed E-state index contributed by atoms with van der Waals surface area (Å²) in [5.41, 5.74) is 0. The van der Waals surface area contributed by atoms with Gasteiger partial charge in [-0.15, -0.1) is 0 Å². The number of carboxylic acids is 1. The molecule has 3 rings (SSSR count). The predicted molar refractivity (Wildman–Crippen MR) is 371 cm³/mol. The monoisotopic (exact) mass is 1390 g/mol. The smallest absolute Gasteiger partial charge is 0.364 e. The highest BCUT2D eigenvalue weighted by Gasteiger charge is 2.60. The summed E-state index contributed by atoms with van der Waals surface area (Å²) in [5.74, 6) is -6.10. The highest BCUT2D eigenvalue weighted by molar-refractivity contribution is 5.77. The van der Waals surface area contributed by atoms with E-state index in [1.807, 2.05) is 0 Å². The molecule has 18 unspecified atom stereocenters. The van der Waals surface area contributed by atoms with Gasteiger partial charge < -0.3 is 100 Å². The van der Waals surface area contributed by atoms with Crippen molar-refractivity contribution in [3.63, 3.8) is 0 Å². The van der Waals surface area contributed by atoms with Crippen LogP contribution in [0.15, 0.2) is 12.2 Å². The van der Waals surface area contributed by atoms with E-state index in [0.29, 0.717) is 19.3 Å². The predicted octanol–water partition coefficient (Wildman–Crippen LogP) is 9.02. The largest absolute Gasteiger partial charge is 0.477 e. The van der Waals surface area contributed by atoms with Crippen molar-refractivity contribution in [1.29, 1.82) is 0 Å². The first-order valence-corrected chi connectivity index (χ1v) is 38.5. The molecule has 0 radical (unpaired) electrons. The van der Waals surface area contributed by atoms with Gasteiger partial charge in [-0.3, -0.25) is 9.59 Å². The number of carbonyl (C=O) groups excluding carboxylic acids is 2. The summed E-state index contributed by atoms with van der Waals surface area (Å²) in [6, 6.07) is -2.53. The molecule has 0 aromatic rings. The number of rotatable bonds is 60. The molecule has 0 aliphatic carbocycles. The third-order valence-electron chi connectivity index (χ3n) is 19.7. The van der Waals surface area contributed by atoms with E-state index in [2.05, 4.69) is 36.6 Å². The first kappa shape index (κ1) is 88.7. The molecule has 3 saturated heterocycles. The molecule has 570 valence electrons. The van der Waals surface area contributed by atoms with E-state index in [4.69, 9.17) is 28.4 Å². The van der Waals surface area contributed by atoms with Crippen LogP contribution in [-0.2, 0) is 42.8 Å². The van der Waals surface area contributed by atoms with E-state index in [1.165, 1.54) is 173 Å². The Balaban J connectivity index is 1.55. The van der Waals surface area contributed by atoms with Crippen molar-refractivity contribution in [3.05, 3.63) is 12.2 Å². The lowest BCUT2D eigenvalue weighted by Gasteiger charge is -2.50. The molecule has 3 fully saturated rings. The topological polar surface area (TPSA) is 373 Å². The van der Waals surface area contributed by atoms with Crippen LogP contribution in [0.4, 0.5) is 0 Å². The Bertz CT molecular complexity index is 2000.